The second-order valence-electron chi connectivity index (χ2n) is 4.37. The van der Waals surface area contributed by atoms with Crippen LogP contribution in [-0.2, 0) is 43.9 Å². The van der Waals surface area contributed by atoms with Crippen molar-refractivity contribution >= 4 is 17.6 Å². The van der Waals surface area contributed by atoms with E-state index in [1.807, 2.05) is 56.3 Å². The summed E-state index contributed by atoms with van der Waals surface area (Å²) < 4.78 is 5.20. The molecule has 0 unspecified atom stereocenters. The van der Waals surface area contributed by atoms with Crippen LogP contribution in [0.15, 0.2) is 53.5 Å². The SMILES string of the molecule is CC.CCc1ccc(N=C2OC(=O)c3ccccc32)cc1.[CH3-].[Y]. The number of cyclic esters (lactones) is 1. The van der Waals surface area contributed by atoms with E-state index >= 15 is 0 Å². The quantitative estimate of drug-likeness (QED) is 0.541. The number of hydrogen-bond donors (Lipinski definition) is 0. The fourth-order valence-corrected chi connectivity index (χ4v) is 2.05. The molecule has 3 nitrogen and oxygen atoms in total. The van der Waals surface area contributed by atoms with Crippen molar-refractivity contribution in [2.75, 3.05) is 0 Å². The molecule has 0 bridgehead atoms. The summed E-state index contributed by atoms with van der Waals surface area (Å²) in [6.07, 6.45) is 0.995. The van der Waals surface area contributed by atoms with Gasteiger partial charge in [0, 0.05) is 32.7 Å². The summed E-state index contributed by atoms with van der Waals surface area (Å²) in [5, 5.41) is 0. The third-order valence-electron chi connectivity index (χ3n) is 3.14. The van der Waals surface area contributed by atoms with Crippen LogP contribution in [0.5, 0.6) is 0 Å². The van der Waals surface area contributed by atoms with E-state index in [1.165, 1.54) is 5.56 Å². The minimum absolute atomic E-state index is 0. The van der Waals surface area contributed by atoms with Gasteiger partial charge in [-0.3, -0.25) is 0 Å². The van der Waals surface area contributed by atoms with Gasteiger partial charge in [0.15, 0.2) is 0 Å². The van der Waals surface area contributed by atoms with Gasteiger partial charge in [0.25, 0.3) is 0 Å². The van der Waals surface area contributed by atoms with Crippen LogP contribution >= 0.6 is 0 Å². The Balaban J connectivity index is 0.00000117. The molecule has 0 aromatic heterocycles. The molecule has 23 heavy (non-hydrogen) atoms. The normalized spacial score (nSPS) is 13.0. The van der Waals surface area contributed by atoms with Crippen LogP contribution in [0.4, 0.5) is 5.69 Å². The summed E-state index contributed by atoms with van der Waals surface area (Å²) in [7, 11) is 0. The topological polar surface area (TPSA) is 38.7 Å². The summed E-state index contributed by atoms with van der Waals surface area (Å²) in [5.41, 5.74) is 3.38. The Morgan fingerprint density at radius 3 is 2.09 bits per heavy atom. The molecule has 2 aromatic rings. The zero-order valence-electron chi connectivity index (χ0n) is 14.2. The number of carbonyl (C=O) groups excluding carboxylic acids is 1. The van der Waals surface area contributed by atoms with E-state index in [1.54, 1.807) is 6.07 Å². The Hall–Kier alpha value is -1.32. The van der Waals surface area contributed by atoms with Gasteiger partial charge in [-0.1, -0.05) is 45.0 Å². The van der Waals surface area contributed by atoms with Crippen molar-refractivity contribution in [1.29, 1.82) is 0 Å². The molecule has 4 heteroatoms. The summed E-state index contributed by atoms with van der Waals surface area (Å²) in [5.74, 6) is 0.0457. The van der Waals surface area contributed by atoms with Gasteiger partial charge in [-0.25, -0.2) is 9.79 Å². The minimum atomic E-state index is -0.334. The zero-order valence-corrected chi connectivity index (χ0v) is 17.0. The molecule has 0 amide bonds. The molecule has 0 aliphatic carbocycles. The number of benzene rings is 2. The van der Waals surface area contributed by atoms with Crippen LogP contribution in [0.1, 0.15) is 42.3 Å². The van der Waals surface area contributed by atoms with E-state index in [2.05, 4.69) is 11.9 Å². The Morgan fingerprint density at radius 2 is 1.52 bits per heavy atom. The van der Waals surface area contributed by atoms with Gasteiger partial charge in [-0.2, -0.15) is 0 Å². The molecular formula is C19H22NO2Y-. The number of aliphatic imine (C=N–C) groups is 1. The van der Waals surface area contributed by atoms with Crippen LogP contribution in [-0.4, -0.2) is 11.9 Å². The summed E-state index contributed by atoms with van der Waals surface area (Å²) >= 11 is 0. The van der Waals surface area contributed by atoms with Crippen LogP contribution in [0.3, 0.4) is 0 Å². The summed E-state index contributed by atoms with van der Waals surface area (Å²) in [6, 6.07) is 15.2. The third-order valence-corrected chi connectivity index (χ3v) is 3.14. The molecule has 1 aliphatic heterocycles. The van der Waals surface area contributed by atoms with E-state index in [9.17, 15) is 4.79 Å². The Labute approximate surface area is 164 Å². The smallest absolute Gasteiger partial charge is 0.345 e. The minimum Gasteiger partial charge on any atom is -0.403 e. The molecule has 1 radical (unpaired) electrons. The van der Waals surface area contributed by atoms with E-state index in [0.717, 1.165) is 17.7 Å². The Morgan fingerprint density at radius 1 is 0.957 bits per heavy atom. The first-order valence-corrected chi connectivity index (χ1v) is 7.27. The van der Waals surface area contributed by atoms with E-state index in [4.69, 9.17) is 4.74 Å². The van der Waals surface area contributed by atoms with Crippen molar-refractivity contribution in [3.63, 3.8) is 0 Å². The van der Waals surface area contributed by atoms with Gasteiger partial charge >= 0.3 is 5.97 Å². The van der Waals surface area contributed by atoms with Crippen molar-refractivity contribution in [1.82, 2.24) is 0 Å². The molecule has 2 aromatic carbocycles. The average Bonchev–Trinajstić information content (AvgIpc) is 2.87. The number of hydrogen-bond acceptors (Lipinski definition) is 3. The van der Waals surface area contributed by atoms with Crippen LogP contribution in [0.2, 0.25) is 0 Å². The first-order chi connectivity index (χ1) is 10.3. The maximum absolute atomic E-state index is 11.7. The van der Waals surface area contributed by atoms with E-state index in [-0.39, 0.29) is 46.1 Å². The zero-order chi connectivity index (χ0) is 15.2. The first kappa shape index (κ1) is 21.7. The number of aryl methyl sites for hydroxylation is 1. The molecule has 3 rings (SSSR count). The Bertz CT molecular complexity index is 663. The van der Waals surface area contributed by atoms with E-state index in [0.29, 0.717) is 11.5 Å². The predicted molar refractivity (Wildman–Crippen MR) is 91.6 cm³/mol. The van der Waals surface area contributed by atoms with Gasteiger partial charge in [0.1, 0.15) is 0 Å². The molecule has 1 aliphatic rings. The van der Waals surface area contributed by atoms with Gasteiger partial charge in [-0.15, -0.1) is 0 Å². The maximum atomic E-state index is 11.7. The van der Waals surface area contributed by atoms with E-state index < -0.39 is 0 Å². The molecule has 119 valence electrons. The molecule has 0 spiro atoms. The number of ether oxygens (including phenoxy) is 1. The van der Waals surface area contributed by atoms with Crippen LogP contribution in [0.25, 0.3) is 0 Å². The van der Waals surface area contributed by atoms with Gasteiger partial charge in [0.2, 0.25) is 5.90 Å². The second-order valence-corrected chi connectivity index (χ2v) is 4.37. The average molecular weight is 385 g/mol. The molecule has 0 atom stereocenters. The summed E-state index contributed by atoms with van der Waals surface area (Å²) in [4.78, 5) is 16.1. The largest absolute Gasteiger partial charge is 0.403 e. The number of nitrogens with zero attached hydrogens (tertiary/aromatic N) is 1. The fraction of sp³-hybridized carbons (Fsp3) is 0.211. The number of esters is 1. The maximum Gasteiger partial charge on any atom is 0.345 e. The second kappa shape index (κ2) is 10.5. The van der Waals surface area contributed by atoms with Crippen LogP contribution < -0.4 is 0 Å². The molecule has 0 saturated heterocycles. The number of rotatable bonds is 2. The first-order valence-electron chi connectivity index (χ1n) is 7.27. The van der Waals surface area contributed by atoms with Gasteiger partial charge in [-0.05, 0) is 36.2 Å². The van der Waals surface area contributed by atoms with Crippen LogP contribution in [0, 0.1) is 7.43 Å². The fourth-order valence-electron chi connectivity index (χ4n) is 2.05. The van der Waals surface area contributed by atoms with Crippen molar-refractivity contribution in [2.45, 2.75) is 27.2 Å². The van der Waals surface area contributed by atoms with Crippen molar-refractivity contribution < 1.29 is 42.2 Å². The molecular weight excluding hydrogens is 363 g/mol. The van der Waals surface area contributed by atoms with Gasteiger partial charge in [0.05, 0.1) is 16.8 Å². The summed E-state index contributed by atoms with van der Waals surface area (Å²) in [6.45, 7) is 6.11. The molecule has 0 saturated carbocycles. The van der Waals surface area contributed by atoms with Crippen molar-refractivity contribution in [2.24, 2.45) is 4.99 Å². The molecule has 0 N–H and O–H groups in total. The standard InChI is InChI=1S/C16H13NO2.C2H6.CH3.Y/c1-2-11-7-9-12(10-8-11)17-15-13-5-3-4-6-14(13)16(18)19-15;1-2;;/h3-10H,2H2,1H3;1-2H3;1H3;/q;;-1;. The Kier molecular flexibility index (Phi) is 9.86. The number of carbonyl (C=O) groups is 1. The molecule has 0 fully saturated rings. The van der Waals surface area contributed by atoms with Crippen molar-refractivity contribution in [3.05, 3.63) is 72.6 Å². The number of fused-ring (bicyclic) bond motifs is 1. The van der Waals surface area contributed by atoms with Gasteiger partial charge < -0.3 is 12.2 Å². The van der Waals surface area contributed by atoms with Crippen molar-refractivity contribution in [3.8, 4) is 0 Å². The monoisotopic (exact) mass is 385 g/mol. The third kappa shape index (κ3) is 5.08. The predicted octanol–water partition coefficient (Wildman–Crippen LogP) is 4.97. The molecule has 1 heterocycles.